The van der Waals surface area contributed by atoms with Gasteiger partial charge in [-0.2, -0.15) is 0 Å². The third-order valence-electron chi connectivity index (χ3n) is 2.29. The van der Waals surface area contributed by atoms with Crippen LogP contribution in [0.3, 0.4) is 0 Å². The second-order valence-electron chi connectivity index (χ2n) is 3.77. The number of hydrogen-bond donors (Lipinski definition) is 1. The van der Waals surface area contributed by atoms with Gasteiger partial charge in [-0.05, 0) is 31.5 Å². The number of hydrogen-bond acceptors (Lipinski definition) is 3. The SMILES string of the molecule is CCCc1cc(CNCC)cc(OCC)n1. The van der Waals surface area contributed by atoms with Crippen LogP contribution in [0.15, 0.2) is 12.1 Å². The number of aromatic nitrogens is 1. The lowest BCUT2D eigenvalue weighted by Crippen LogP contribution is -2.12. The van der Waals surface area contributed by atoms with Gasteiger partial charge in [-0.3, -0.25) is 0 Å². The average Bonchev–Trinajstić information content (AvgIpc) is 2.27. The topological polar surface area (TPSA) is 34.1 Å². The van der Waals surface area contributed by atoms with Crippen LogP contribution in [0.4, 0.5) is 0 Å². The highest BCUT2D eigenvalue weighted by Crippen LogP contribution is 2.14. The lowest BCUT2D eigenvalue weighted by Gasteiger charge is -2.09. The predicted octanol–water partition coefficient (Wildman–Crippen LogP) is 2.54. The highest BCUT2D eigenvalue weighted by molar-refractivity contribution is 5.25. The molecule has 0 saturated heterocycles. The summed E-state index contributed by atoms with van der Waals surface area (Å²) in [4.78, 5) is 4.47. The summed E-state index contributed by atoms with van der Waals surface area (Å²) in [5, 5.41) is 3.32. The molecule has 0 aliphatic carbocycles. The standard InChI is InChI=1S/C13H22N2O/c1-4-7-12-8-11(10-14-5-2)9-13(15-12)16-6-3/h8-9,14H,4-7,10H2,1-3H3. The van der Waals surface area contributed by atoms with Crippen LogP contribution in [-0.2, 0) is 13.0 Å². The smallest absolute Gasteiger partial charge is 0.213 e. The molecule has 0 fully saturated rings. The summed E-state index contributed by atoms with van der Waals surface area (Å²) in [6.45, 7) is 8.79. The summed E-state index contributed by atoms with van der Waals surface area (Å²) in [5.74, 6) is 0.751. The Morgan fingerprint density at radius 3 is 2.69 bits per heavy atom. The fraction of sp³-hybridized carbons (Fsp3) is 0.615. The molecule has 90 valence electrons. The van der Waals surface area contributed by atoms with E-state index >= 15 is 0 Å². The van der Waals surface area contributed by atoms with Crippen LogP contribution in [0.1, 0.15) is 38.4 Å². The first-order chi connectivity index (χ1) is 7.80. The first-order valence-electron chi connectivity index (χ1n) is 6.13. The largest absolute Gasteiger partial charge is 0.478 e. The van der Waals surface area contributed by atoms with Crippen molar-refractivity contribution in [2.24, 2.45) is 0 Å². The van der Waals surface area contributed by atoms with E-state index in [2.05, 4.69) is 30.2 Å². The van der Waals surface area contributed by atoms with E-state index < -0.39 is 0 Å². The van der Waals surface area contributed by atoms with Crippen molar-refractivity contribution in [3.05, 3.63) is 23.4 Å². The van der Waals surface area contributed by atoms with Gasteiger partial charge in [0.1, 0.15) is 0 Å². The Morgan fingerprint density at radius 1 is 1.25 bits per heavy atom. The molecule has 0 saturated carbocycles. The summed E-state index contributed by atoms with van der Waals surface area (Å²) >= 11 is 0. The molecule has 1 rings (SSSR count). The van der Waals surface area contributed by atoms with E-state index in [1.165, 1.54) is 5.56 Å². The molecule has 3 heteroatoms. The number of pyridine rings is 1. The van der Waals surface area contributed by atoms with Gasteiger partial charge in [0.05, 0.1) is 6.61 Å². The molecule has 0 aliphatic heterocycles. The van der Waals surface area contributed by atoms with Crippen LogP contribution in [0, 0.1) is 0 Å². The van der Waals surface area contributed by atoms with Gasteiger partial charge in [0, 0.05) is 18.3 Å². The molecule has 0 aliphatic rings. The molecule has 16 heavy (non-hydrogen) atoms. The minimum Gasteiger partial charge on any atom is -0.478 e. The second-order valence-corrected chi connectivity index (χ2v) is 3.77. The van der Waals surface area contributed by atoms with E-state index in [9.17, 15) is 0 Å². The highest BCUT2D eigenvalue weighted by Gasteiger charge is 2.02. The van der Waals surface area contributed by atoms with Crippen molar-refractivity contribution >= 4 is 0 Å². The molecular weight excluding hydrogens is 200 g/mol. The van der Waals surface area contributed by atoms with Crippen molar-refractivity contribution in [3.8, 4) is 5.88 Å². The van der Waals surface area contributed by atoms with Crippen molar-refractivity contribution in [1.82, 2.24) is 10.3 Å². The molecule has 1 heterocycles. The summed E-state index contributed by atoms with van der Waals surface area (Å²) in [7, 11) is 0. The van der Waals surface area contributed by atoms with Crippen LogP contribution in [-0.4, -0.2) is 18.1 Å². The Hall–Kier alpha value is -1.09. The molecule has 0 unspecified atom stereocenters. The van der Waals surface area contributed by atoms with Gasteiger partial charge in [0.25, 0.3) is 0 Å². The molecule has 0 bridgehead atoms. The van der Waals surface area contributed by atoms with Crippen LogP contribution >= 0.6 is 0 Å². The summed E-state index contributed by atoms with van der Waals surface area (Å²) in [5.41, 5.74) is 2.38. The van der Waals surface area contributed by atoms with Crippen molar-refractivity contribution in [3.63, 3.8) is 0 Å². The number of ether oxygens (including phenoxy) is 1. The van der Waals surface area contributed by atoms with Crippen molar-refractivity contribution in [1.29, 1.82) is 0 Å². The quantitative estimate of drug-likeness (QED) is 0.770. The summed E-state index contributed by atoms with van der Waals surface area (Å²) in [6.07, 6.45) is 2.13. The molecular formula is C13H22N2O. The van der Waals surface area contributed by atoms with Crippen LogP contribution < -0.4 is 10.1 Å². The minimum absolute atomic E-state index is 0.670. The maximum Gasteiger partial charge on any atom is 0.213 e. The van der Waals surface area contributed by atoms with Gasteiger partial charge in [-0.25, -0.2) is 4.98 Å². The zero-order chi connectivity index (χ0) is 11.8. The Labute approximate surface area is 98.2 Å². The molecule has 1 aromatic rings. The van der Waals surface area contributed by atoms with Crippen molar-refractivity contribution in [2.75, 3.05) is 13.2 Å². The van der Waals surface area contributed by atoms with E-state index in [0.29, 0.717) is 6.61 Å². The predicted molar refractivity (Wildman–Crippen MR) is 66.8 cm³/mol. The number of nitrogens with one attached hydrogen (secondary N) is 1. The Kier molecular flexibility index (Phi) is 5.86. The monoisotopic (exact) mass is 222 g/mol. The molecule has 3 nitrogen and oxygen atoms in total. The Morgan fingerprint density at radius 2 is 2.06 bits per heavy atom. The van der Waals surface area contributed by atoms with E-state index in [-0.39, 0.29) is 0 Å². The number of aryl methyl sites for hydroxylation is 1. The van der Waals surface area contributed by atoms with Gasteiger partial charge < -0.3 is 10.1 Å². The second kappa shape index (κ2) is 7.23. The minimum atomic E-state index is 0.670. The molecule has 0 radical (unpaired) electrons. The van der Waals surface area contributed by atoms with Crippen LogP contribution in [0.2, 0.25) is 0 Å². The average molecular weight is 222 g/mol. The normalized spacial score (nSPS) is 10.4. The van der Waals surface area contributed by atoms with Crippen LogP contribution in [0.5, 0.6) is 5.88 Å². The van der Waals surface area contributed by atoms with Gasteiger partial charge in [0.15, 0.2) is 0 Å². The lowest BCUT2D eigenvalue weighted by molar-refractivity contribution is 0.325. The summed E-state index contributed by atoms with van der Waals surface area (Å²) < 4.78 is 5.47. The zero-order valence-electron chi connectivity index (χ0n) is 10.5. The molecule has 1 aromatic heterocycles. The third-order valence-corrected chi connectivity index (χ3v) is 2.29. The lowest BCUT2D eigenvalue weighted by atomic mass is 10.1. The summed E-state index contributed by atoms with van der Waals surface area (Å²) in [6, 6.07) is 4.18. The van der Waals surface area contributed by atoms with Gasteiger partial charge >= 0.3 is 0 Å². The Balaban J connectivity index is 2.80. The van der Waals surface area contributed by atoms with Crippen molar-refractivity contribution in [2.45, 2.75) is 40.2 Å². The highest BCUT2D eigenvalue weighted by atomic mass is 16.5. The fourth-order valence-corrected chi connectivity index (χ4v) is 1.60. The van der Waals surface area contributed by atoms with E-state index in [4.69, 9.17) is 4.74 Å². The van der Waals surface area contributed by atoms with Gasteiger partial charge in [-0.15, -0.1) is 0 Å². The molecule has 0 aromatic carbocycles. The molecule has 0 spiro atoms. The zero-order valence-corrected chi connectivity index (χ0v) is 10.5. The first-order valence-corrected chi connectivity index (χ1v) is 6.13. The van der Waals surface area contributed by atoms with Gasteiger partial charge in [-0.1, -0.05) is 20.3 Å². The first kappa shape index (κ1) is 13.0. The third kappa shape index (κ3) is 4.19. The van der Waals surface area contributed by atoms with E-state index in [1.807, 2.05) is 13.0 Å². The molecule has 1 N–H and O–H groups in total. The fourth-order valence-electron chi connectivity index (χ4n) is 1.60. The Bertz CT molecular complexity index is 289. The maximum atomic E-state index is 5.47. The number of nitrogens with zero attached hydrogens (tertiary/aromatic N) is 1. The van der Waals surface area contributed by atoms with Crippen molar-refractivity contribution < 1.29 is 4.74 Å². The van der Waals surface area contributed by atoms with E-state index in [1.54, 1.807) is 0 Å². The molecule has 0 atom stereocenters. The number of rotatable bonds is 7. The van der Waals surface area contributed by atoms with Crippen LogP contribution in [0.25, 0.3) is 0 Å². The molecule has 0 amide bonds. The van der Waals surface area contributed by atoms with E-state index in [0.717, 1.165) is 37.5 Å². The maximum absolute atomic E-state index is 5.47. The van der Waals surface area contributed by atoms with Gasteiger partial charge in [0.2, 0.25) is 5.88 Å².